The van der Waals surface area contributed by atoms with Crippen molar-refractivity contribution in [2.45, 2.75) is 31.4 Å². The lowest BCUT2D eigenvalue weighted by molar-refractivity contribution is -0.0715. The molecule has 4 rings (SSSR count). The Labute approximate surface area is 107 Å². The Morgan fingerprint density at radius 2 is 2.06 bits per heavy atom. The highest BCUT2D eigenvalue weighted by Crippen LogP contribution is 2.33. The van der Waals surface area contributed by atoms with Crippen molar-refractivity contribution in [3.8, 4) is 0 Å². The van der Waals surface area contributed by atoms with Gasteiger partial charge in [-0.25, -0.2) is 0 Å². The second-order valence-electron chi connectivity index (χ2n) is 5.27. The molecule has 1 aromatic carbocycles. The fourth-order valence-corrected chi connectivity index (χ4v) is 3.49. The van der Waals surface area contributed by atoms with Crippen LogP contribution in [0.3, 0.4) is 0 Å². The van der Waals surface area contributed by atoms with Crippen LogP contribution in [0.2, 0.25) is 5.02 Å². The number of rotatable bonds is 2. The Kier molecular flexibility index (Phi) is 3.12. The number of hydrogen-bond acceptors (Lipinski definition) is 2. The van der Waals surface area contributed by atoms with Gasteiger partial charge in [0.25, 0.3) is 0 Å². The summed E-state index contributed by atoms with van der Waals surface area (Å²) in [5, 5.41) is 11.1. The standard InChI is InChI=1S/C14H18ClNO/c15-12-3-1-2-10(8-12)9-13-14(17)11-4-6-16(13)7-5-11/h1-3,8,11,13-14,17H,4-7,9H2. The Hall–Kier alpha value is -0.570. The summed E-state index contributed by atoms with van der Waals surface area (Å²) in [5.41, 5.74) is 1.23. The first-order valence-corrected chi connectivity index (χ1v) is 6.78. The van der Waals surface area contributed by atoms with E-state index in [1.54, 1.807) is 0 Å². The summed E-state index contributed by atoms with van der Waals surface area (Å²) in [5.74, 6) is 0.518. The number of aliphatic hydroxyl groups is 1. The lowest BCUT2D eigenvalue weighted by atomic mass is 9.78. The monoisotopic (exact) mass is 251 g/mol. The number of benzene rings is 1. The number of aliphatic hydroxyl groups excluding tert-OH is 1. The number of nitrogens with zero attached hydrogens (tertiary/aromatic N) is 1. The zero-order valence-corrected chi connectivity index (χ0v) is 10.6. The van der Waals surface area contributed by atoms with E-state index in [4.69, 9.17) is 11.6 Å². The van der Waals surface area contributed by atoms with E-state index in [0.29, 0.717) is 12.0 Å². The highest BCUT2D eigenvalue weighted by atomic mass is 35.5. The molecule has 0 aliphatic carbocycles. The van der Waals surface area contributed by atoms with Crippen LogP contribution in [0.15, 0.2) is 24.3 Å². The summed E-state index contributed by atoms with van der Waals surface area (Å²) in [6.45, 7) is 2.29. The molecule has 0 aromatic heterocycles. The number of fused-ring (bicyclic) bond motifs is 3. The van der Waals surface area contributed by atoms with Crippen molar-refractivity contribution in [1.29, 1.82) is 0 Å². The summed E-state index contributed by atoms with van der Waals surface area (Å²) in [6, 6.07) is 8.29. The van der Waals surface area contributed by atoms with E-state index in [-0.39, 0.29) is 6.10 Å². The molecule has 0 saturated carbocycles. The van der Waals surface area contributed by atoms with Crippen LogP contribution < -0.4 is 0 Å². The zero-order chi connectivity index (χ0) is 11.8. The van der Waals surface area contributed by atoms with E-state index in [1.165, 1.54) is 5.56 Å². The lowest BCUT2D eigenvalue weighted by Crippen LogP contribution is -2.58. The average Bonchev–Trinajstić information content (AvgIpc) is 2.34. The van der Waals surface area contributed by atoms with E-state index in [1.807, 2.05) is 18.2 Å². The largest absolute Gasteiger partial charge is 0.391 e. The molecule has 1 N–H and O–H groups in total. The third-order valence-electron chi connectivity index (χ3n) is 4.25. The minimum Gasteiger partial charge on any atom is -0.391 e. The van der Waals surface area contributed by atoms with Crippen molar-refractivity contribution in [2.24, 2.45) is 5.92 Å². The molecule has 2 nitrogen and oxygen atoms in total. The highest BCUT2D eigenvalue weighted by Gasteiger charge is 2.40. The fraction of sp³-hybridized carbons (Fsp3) is 0.571. The van der Waals surface area contributed by atoms with Crippen molar-refractivity contribution < 1.29 is 5.11 Å². The van der Waals surface area contributed by atoms with Gasteiger partial charge in [0.05, 0.1) is 6.10 Å². The van der Waals surface area contributed by atoms with Gasteiger partial charge in [-0.15, -0.1) is 0 Å². The minimum absolute atomic E-state index is 0.156. The van der Waals surface area contributed by atoms with Crippen molar-refractivity contribution in [1.82, 2.24) is 4.90 Å². The summed E-state index contributed by atoms with van der Waals surface area (Å²) in [6.07, 6.45) is 3.08. The van der Waals surface area contributed by atoms with Crippen LogP contribution in [0, 0.1) is 5.92 Å². The predicted octanol–water partition coefficient (Wildman–Crippen LogP) is 2.34. The number of piperidine rings is 3. The van der Waals surface area contributed by atoms with Crippen LogP contribution in [0.1, 0.15) is 18.4 Å². The molecule has 3 aliphatic rings. The smallest absolute Gasteiger partial charge is 0.0727 e. The summed E-state index contributed by atoms with van der Waals surface area (Å²) < 4.78 is 0. The molecule has 17 heavy (non-hydrogen) atoms. The Morgan fingerprint density at radius 1 is 1.29 bits per heavy atom. The first-order valence-electron chi connectivity index (χ1n) is 6.40. The van der Waals surface area contributed by atoms with Crippen LogP contribution in [0.4, 0.5) is 0 Å². The van der Waals surface area contributed by atoms with Gasteiger partial charge in [0.1, 0.15) is 0 Å². The summed E-state index contributed by atoms with van der Waals surface area (Å²) in [4.78, 5) is 2.44. The molecule has 2 unspecified atom stereocenters. The first kappa shape index (κ1) is 11.5. The molecule has 3 aliphatic heterocycles. The number of hydrogen-bond donors (Lipinski definition) is 1. The van der Waals surface area contributed by atoms with Crippen molar-refractivity contribution in [3.63, 3.8) is 0 Å². The molecular weight excluding hydrogens is 234 g/mol. The van der Waals surface area contributed by atoms with Crippen LogP contribution >= 0.6 is 11.6 Å². The Balaban J connectivity index is 1.76. The normalized spacial score (nSPS) is 36.1. The molecule has 3 fully saturated rings. The van der Waals surface area contributed by atoms with Gasteiger partial charge in [0.15, 0.2) is 0 Å². The van der Waals surface area contributed by atoms with Crippen LogP contribution in [0.25, 0.3) is 0 Å². The molecule has 0 amide bonds. The van der Waals surface area contributed by atoms with Gasteiger partial charge in [0, 0.05) is 11.1 Å². The molecule has 2 atom stereocenters. The van der Waals surface area contributed by atoms with Crippen LogP contribution in [-0.2, 0) is 6.42 Å². The van der Waals surface area contributed by atoms with E-state index in [2.05, 4.69) is 11.0 Å². The molecule has 92 valence electrons. The van der Waals surface area contributed by atoms with Gasteiger partial charge in [-0.2, -0.15) is 0 Å². The second-order valence-corrected chi connectivity index (χ2v) is 5.70. The highest BCUT2D eigenvalue weighted by molar-refractivity contribution is 6.30. The quantitative estimate of drug-likeness (QED) is 0.872. The maximum absolute atomic E-state index is 10.3. The number of halogens is 1. The molecule has 3 heteroatoms. The van der Waals surface area contributed by atoms with E-state index in [0.717, 1.165) is 37.4 Å². The zero-order valence-electron chi connectivity index (χ0n) is 9.85. The minimum atomic E-state index is -0.156. The average molecular weight is 252 g/mol. The van der Waals surface area contributed by atoms with Crippen molar-refractivity contribution >= 4 is 11.6 Å². The van der Waals surface area contributed by atoms with Crippen LogP contribution in [-0.4, -0.2) is 35.2 Å². The maximum Gasteiger partial charge on any atom is 0.0727 e. The molecule has 0 spiro atoms. The SMILES string of the molecule is OC1C2CCN(CC2)C1Cc1cccc(Cl)c1. The Bertz CT molecular complexity index is 399. The van der Waals surface area contributed by atoms with Gasteiger partial charge >= 0.3 is 0 Å². The molecule has 3 heterocycles. The Morgan fingerprint density at radius 3 is 2.71 bits per heavy atom. The summed E-state index contributed by atoms with van der Waals surface area (Å²) in [7, 11) is 0. The second kappa shape index (κ2) is 4.60. The van der Waals surface area contributed by atoms with E-state index < -0.39 is 0 Å². The molecule has 0 radical (unpaired) electrons. The van der Waals surface area contributed by atoms with Crippen LogP contribution in [0.5, 0.6) is 0 Å². The predicted molar refractivity (Wildman–Crippen MR) is 69.2 cm³/mol. The van der Waals surface area contributed by atoms with Crippen molar-refractivity contribution in [3.05, 3.63) is 34.9 Å². The van der Waals surface area contributed by atoms with Gasteiger partial charge in [-0.05, 0) is 56.0 Å². The third kappa shape index (κ3) is 2.22. The topological polar surface area (TPSA) is 23.5 Å². The molecule has 2 bridgehead atoms. The van der Waals surface area contributed by atoms with Gasteiger partial charge in [0.2, 0.25) is 0 Å². The summed E-state index contributed by atoms with van der Waals surface area (Å²) >= 11 is 6.00. The van der Waals surface area contributed by atoms with Gasteiger partial charge < -0.3 is 5.11 Å². The first-order chi connectivity index (χ1) is 8.24. The van der Waals surface area contributed by atoms with Crippen molar-refractivity contribution in [2.75, 3.05) is 13.1 Å². The molecule has 1 aromatic rings. The van der Waals surface area contributed by atoms with E-state index >= 15 is 0 Å². The lowest BCUT2D eigenvalue weighted by Gasteiger charge is -2.49. The molecular formula is C14H18ClNO. The molecule has 3 saturated heterocycles. The fourth-order valence-electron chi connectivity index (χ4n) is 3.28. The van der Waals surface area contributed by atoms with Gasteiger partial charge in [-0.3, -0.25) is 4.90 Å². The van der Waals surface area contributed by atoms with Gasteiger partial charge in [-0.1, -0.05) is 23.7 Å². The third-order valence-corrected chi connectivity index (χ3v) is 4.49. The maximum atomic E-state index is 10.3. The van der Waals surface area contributed by atoms with E-state index in [9.17, 15) is 5.11 Å².